The number of rotatable bonds is 7. The summed E-state index contributed by atoms with van der Waals surface area (Å²) in [6, 6.07) is 6.90. The summed E-state index contributed by atoms with van der Waals surface area (Å²) in [5.41, 5.74) is -0.423. The molecule has 0 spiro atoms. The van der Waals surface area contributed by atoms with Gasteiger partial charge in [-0.3, -0.25) is 9.59 Å². The lowest BCUT2D eigenvalue weighted by Gasteiger charge is -2.27. The minimum Gasteiger partial charge on any atom is -0.480 e. The Balaban J connectivity index is 3.36. The van der Waals surface area contributed by atoms with Gasteiger partial charge in [-0.25, -0.2) is 0 Å². The number of hydrogen-bond donors (Lipinski definition) is 1. The summed E-state index contributed by atoms with van der Waals surface area (Å²) in [7, 11) is 1.47. The lowest BCUT2D eigenvalue weighted by Crippen LogP contribution is -2.46. The summed E-state index contributed by atoms with van der Waals surface area (Å²) in [5, 5.41) is 9.64. The van der Waals surface area contributed by atoms with Crippen LogP contribution >= 0.6 is 0 Å². The van der Waals surface area contributed by atoms with Crippen molar-refractivity contribution in [2.75, 3.05) is 20.3 Å². The zero-order valence-corrected chi connectivity index (χ0v) is 12.0. The maximum absolute atomic E-state index is 12.3. The summed E-state index contributed by atoms with van der Waals surface area (Å²) in [6.07, 6.45) is 0.0289. The molecule has 1 N–H and O–H groups in total. The second-order valence-corrected chi connectivity index (χ2v) is 4.54. The fourth-order valence-corrected chi connectivity index (χ4v) is 2.10. The lowest BCUT2D eigenvalue weighted by atomic mass is 9.77. The molecule has 1 aromatic rings. The molecule has 0 bridgehead atoms. The molecular weight excluding hydrogens is 260 g/mol. The monoisotopic (exact) mass is 280 g/mol. The maximum atomic E-state index is 12.3. The van der Waals surface area contributed by atoms with Crippen LogP contribution < -0.4 is 0 Å². The summed E-state index contributed by atoms with van der Waals surface area (Å²) in [5.74, 6) is -1.98. The third-order valence-electron chi connectivity index (χ3n) is 3.18. The maximum Gasteiger partial charge on any atom is 0.328 e. The number of aliphatic carboxylic acids is 1. The Kier molecular flexibility index (Phi) is 5.70. The van der Waals surface area contributed by atoms with Crippen molar-refractivity contribution in [3.63, 3.8) is 0 Å². The molecule has 1 unspecified atom stereocenters. The molecule has 0 aliphatic heterocycles. The minimum absolute atomic E-state index is 0.0289. The van der Waals surface area contributed by atoms with E-state index in [1.165, 1.54) is 7.11 Å². The number of esters is 1. The number of carboxylic acid groups (broad SMARTS) is 1. The number of carbonyl (C=O) groups is 2. The van der Waals surface area contributed by atoms with Gasteiger partial charge in [0.2, 0.25) is 0 Å². The Morgan fingerprint density at radius 3 is 2.55 bits per heavy atom. The van der Waals surface area contributed by atoms with Gasteiger partial charge in [-0.15, -0.1) is 0 Å². The first-order chi connectivity index (χ1) is 9.48. The van der Waals surface area contributed by atoms with Crippen LogP contribution in [-0.2, 0) is 24.5 Å². The molecule has 1 aromatic carbocycles. The Bertz CT molecular complexity index is 483. The van der Waals surface area contributed by atoms with Crippen LogP contribution in [0.25, 0.3) is 0 Å². The summed E-state index contributed by atoms with van der Waals surface area (Å²) < 4.78 is 9.94. The lowest BCUT2D eigenvalue weighted by molar-refractivity contribution is -0.162. The molecule has 0 aliphatic carbocycles. The van der Waals surface area contributed by atoms with E-state index in [0.29, 0.717) is 5.56 Å². The predicted octanol–water partition coefficient (Wildman–Crippen LogP) is 1.92. The quantitative estimate of drug-likeness (QED) is 0.610. The number of ether oxygens (including phenoxy) is 2. The molecule has 0 saturated carbocycles. The van der Waals surface area contributed by atoms with Crippen molar-refractivity contribution in [2.45, 2.75) is 25.7 Å². The zero-order chi connectivity index (χ0) is 15.2. The predicted molar refractivity (Wildman–Crippen MR) is 73.6 cm³/mol. The van der Waals surface area contributed by atoms with Gasteiger partial charge in [-0.05, 0) is 19.4 Å². The van der Waals surface area contributed by atoms with Crippen LogP contribution in [0.4, 0.5) is 0 Å². The van der Waals surface area contributed by atoms with Crippen molar-refractivity contribution in [1.82, 2.24) is 0 Å². The highest BCUT2D eigenvalue weighted by Crippen LogP contribution is 2.31. The fraction of sp³-hybridized carbons (Fsp3) is 0.467. The Morgan fingerprint density at radius 2 is 2.05 bits per heavy atom. The van der Waals surface area contributed by atoms with Gasteiger partial charge in [0.25, 0.3) is 0 Å². The van der Waals surface area contributed by atoms with Crippen molar-refractivity contribution in [2.24, 2.45) is 0 Å². The normalized spacial score (nSPS) is 13.6. The Labute approximate surface area is 118 Å². The molecule has 20 heavy (non-hydrogen) atoms. The molecule has 0 amide bonds. The van der Waals surface area contributed by atoms with E-state index in [1.807, 2.05) is 13.0 Å². The number of benzene rings is 1. The number of carboxylic acids is 1. The van der Waals surface area contributed by atoms with E-state index in [4.69, 9.17) is 9.47 Å². The van der Waals surface area contributed by atoms with Gasteiger partial charge >= 0.3 is 11.9 Å². The average molecular weight is 280 g/mol. The Hall–Kier alpha value is -1.88. The summed E-state index contributed by atoms with van der Waals surface area (Å²) in [4.78, 5) is 24.1. The van der Waals surface area contributed by atoms with Crippen LogP contribution in [0.15, 0.2) is 24.3 Å². The number of carbonyl (C=O) groups excluding carboxylic acids is 1. The smallest absolute Gasteiger partial charge is 0.328 e. The van der Waals surface area contributed by atoms with Crippen molar-refractivity contribution in [1.29, 1.82) is 0 Å². The third kappa shape index (κ3) is 3.17. The third-order valence-corrected chi connectivity index (χ3v) is 3.18. The SMILES string of the molecule is CCOC(=O)C(CCOC)(C(=O)O)c1cccc(C)c1. The van der Waals surface area contributed by atoms with Gasteiger partial charge in [0.1, 0.15) is 0 Å². The van der Waals surface area contributed by atoms with Crippen LogP contribution in [0.1, 0.15) is 24.5 Å². The number of aryl methyl sites for hydroxylation is 1. The highest BCUT2D eigenvalue weighted by molar-refractivity contribution is 6.05. The molecular formula is C15H20O5. The van der Waals surface area contributed by atoms with E-state index in [1.54, 1.807) is 25.1 Å². The first-order valence-electron chi connectivity index (χ1n) is 6.45. The number of hydrogen-bond acceptors (Lipinski definition) is 4. The second kappa shape index (κ2) is 7.05. The molecule has 110 valence electrons. The van der Waals surface area contributed by atoms with E-state index in [9.17, 15) is 14.7 Å². The second-order valence-electron chi connectivity index (χ2n) is 4.54. The molecule has 0 radical (unpaired) electrons. The van der Waals surface area contributed by atoms with E-state index in [2.05, 4.69) is 0 Å². The molecule has 1 rings (SSSR count). The molecule has 0 saturated heterocycles. The molecule has 0 heterocycles. The van der Waals surface area contributed by atoms with Gasteiger partial charge in [0.05, 0.1) is 6.61 Å². The van der Waals surface area contributed by atoms with Crippen molar-refractivity contribution >= 4 is 11.9 Å². The van der Waals surface area contributed by atoms with Gasteiger partial charge in [-0.2, -0.15) is 0 Å². The topological polar surface area (TPSA) is 72.8 Å². The van der Waals surface area contributed by atoms with Crippen molar-refractivity contribution in [3.05, 3.63) is 35.4 Å². The van der Waals surface area contributed by atoms with Crippen molar-refractivity contribution < 1.29 is 24.2 Å². The van der Waals surface area contributed by atoms with Crippen LogP contribution in [0, 0.1) is 6.92 Å². The Morgan fingerprint density at radius 1 is 1.35 bits per heavy atom. The fourth-order valence-electron chi connectivity index (χ4n) is 2.10. The van der Waals surface area contributed by atoms with E-state index in [-0.39, 0.29) is 19.6 Å². The average Bonchev–Trinajstić information content (AvgIpc) is 2.39. The first kappa shape index (κ1) is 16.2. The molecule has 0 fully saturated rings. The standard InChI is InChI=1S/C15H20O5/c1-4-20-14(18)15(13(16)17,8-9-19-3)12-7-5-6-11(2)10-12/h5-7,10H,4,8-9H2,1-3H3,(H,16,17). The van der Waals surface area contributed by atoms with Gasteiger partial charge < -0.3 is 14.6 Å². The highest BCUT2D eigenvalue weighted by Gasteiger charge is 2.49. The number of methoxy groups -OCH3 is 1. The molecule has 1 atom stereocenters. The molecule has 5 heteroatoms. The summed E-state index contributed by atoms with van der Waals surface area (Å²) >= 11 is 0. The van der Waals surface area contributed by atoms with Crippen molar-refractivity contribution in [3.8, 4) is 0 Å². The zero-order valence-electron chi connectivity index (χ0n) is 12.0. The van der Waals surface area contributed by atoms with Gasteiger partial charge in [0, 0.05) is 20.1 Å². The van der Waals surface area contributed by atoms with Crippen LogP contribution in [0.5, 0.6) is 0 Å². The van der Waals surface area contributed by atoms with Crippen LogP contribution in [-0.4, -0.2) is 37.4 Å². The van der Waals surface area contributed by atoms with E-state index in [0.717, 1.165) is 5.56 Å². The van der Waals surface area contributed by atoms with Crippen LogP contribution in [0.3, 0.4) is 0 Å². The highest BCUT2D eigenvalue weighted by atomic mass is 16.5. The van der Waals surface area contributed by atoms with Gasteiger partial charge in [0.15, 0.2) is 5.41 Å². The molecule has 5 nitrogen and oxygen atoms in total. The summed E-state index contributed by atoms with van der Waals surface area (Å²) in [6.45, 7) is 3.78. The van der Waals surface area contributed by atoms with Gasteiger partial charge in [-0.1, -0.05) is 29.8 Å². The molecule has 0 aliphatic rings. The van der Waals surface area contributed by atoms with Crippen LogP contribution in [0.2, 0.25) is 0 Å². The van der Waals surface area contributed by atoms with E-state index < -0.39 is 17.4 Å². The van der Waals surface area contributed by atoms with E-state index >= 15 is 0 Å². The first-order valence-corrected chi connectivity index (χ1v) is 6.45. The minimum atomic E-state index is -1.72. The molecule has 0 aromatic heterocycles. The largest absolute Gasteiger partial charge is 0.480 e.